The molecule has 4 heteroatoms. The molecule has 0 aromatic heterocycles. The van der Waals surface area contributed by atoms with E-state index in [4.69, 9.17) is 5.73 Å². The Morgan fingerprint density at radius 2 is 0.800 bits per heavy atom. The SMILES string of the molecule is CC(C)[Si](C(C)C)(C(C)C)N(CCCN)[Si](C(C)C)(C(C)C)C(C)C. The van der Waals surface area contributed by atoms with Gasteiger partial charge < -0.3 is 9.96 Å². The smallest absolute Gasteiger partial charge is 0.129 e. The minimum absolute atomic E-state index is 0.772. The highest BCUT2D eigenvalue weighted by atomic mass is 28.4. The van der Waals surface area contributed by atoms with Crippen LogP contribution in [0, 0.1) is 0 Å². The third kappa shape index (κ3) is 4.44. The molecule has 0 aliphatic heterocycles. The van der Waals surface area contributed by atoms with Crippen LogP contribution in [0.4, 0.5) is 0 Å². The van der Waals surface area contributed by atoms with E-state index in [1.807, 2.05) is 0 Å². The highest BCUT2D eigenvalue weighted by Crippen LogP contribution is 2.53. The van der Waals surface area contributed by atoms with E-state index in [0.717, 1.165) is 46.2 Å². The Labute approximate surface area is 162 Å². The number of nitrogens with zero attached hydrogens (tertiary/aromatic N) is 1. The fraction of sp³-hybridized carbons (Fsp3) is 1.00. The lowest BCUT2D eigenvalue weighted by Crippen LogP contribution is -2.74. The maximum atomic E-state index is 6.02. The van der Waals surface area contributed by atoms with Crippen molar-refractivity contribution < 1.29 is 0 Å². The Hall–Kier alpha value is 0.354. The van der Waals surface area contributed by atoms with Gasteiger partial charge in [0, 0.05) is 0 Å². The van der Waals surface area contributed by atoms with Gasteiger partial charge in [-0.05, 0) is 52.8 Å². The summed E-state index contributed by atoms with van der Waals surface area (Å²) < 4.78 is 3.23. The van der Waals surface area contributed by atoms with Gasteiger partial charge in [0.1, 0.15) is 16.5 Å². The minimum Gasteiger partial charge on any atom is -0.344 e. The van der Waals surface area contributed by atoms with Gasteiger partial charge in [0.05, 0.1) is 0 Å². The molecule has 2 nitrogen and oxygen atoms in total. The summed E-state index contributed by atoms with van der Waals surface area (Å²) in [5.74, 6) is 0. The van der Waals surface area contributed by atoms with Crippen molar-refractivity contribution in [2.45, 2.75) is 123 Å². The van der Waals surface area contributed by atoms with Crippen molar-refractivity contribution in [3.63, 3.8) is 0 Å². The second kappa shape index (κ2) is 10.1. The first kappa shape index (κ1) is 25.4. The Morgan fingerprint density at radius 1 is 0.560 bits per heavy atom. The molecular weight excluding hydrogens is 336 g/mol. The maximum absolute atomic E-state index is 6.02. The van der Waals surface area contributed by atoms with Gasteiger partial charge in [0.15, 0.2) is 0 Å². The number of nitrogens with two attached hydrogens (primary N) is 1. The summed E-state index contributed by atoms with van der Waals surface area (Å²) in [6.07, 6.45) is 1.14. The molecule has 0 saturated heterocycles. The topological polar surface area (TPSA) is 29.3 Å². The van der Waals surface area contributed by atoms with Crippen molar-refractivity contribution in [3.8, 4) is 0 Å². The Bertz CT molecular complexity index is 301. The second-order valence-electron chi connectivity index (χ2n) is 10.00. The molecule has 0 aromatic carbocycles. The molecule has 0 fully saturated rings. The molecule has 0 bridgehead atoms. The molecule has 0 radical (unpaired) electrons. The van der Waals surface area contributed by atoms with Crippen molar-refractivity contribution in [1.82, 2.24) is 4.23 Å². The van der Waals surface area contributed by atoms with E-state index >= 15 is 0 Å². The third-order valence-electron chi connectivity index (χ3n) is 7.07. The Morgan fingerprint density at radius 3 is 0.960 bits per heavy atom. The van der Waals surface area contributed by atoms with Crippen LogP contribution in [0.3, 0.4) is 0 Å². The summed E-state index contributed by atoms with van der Waals surface area (Å²) >= 11 is 0. The van der Waals surface area contributed by atoms with E-state index in [0.29, 0.717) is 0 Å². The average molecular weight is 387 g/mol. The molecular formula is C21H50N2Si2. The zero-order valence-corrected chi connectivity index (χ0v) is 21.6. The minimum atomic E-state index is -1.68. The van der Waals surface area contributed by atoms with Crippen molar-refractivity contribution in [2.75, 3.05) is 13.1 Å². The van der Waals surface area contributed by atoms with Crippen LogP contribution in [-0.2, 0) is 0 Å². The number of hydrogen-bond donors (Lipinski definition) is 1. The van der Waals surface area contributed by atoms with Gasteiger partial charge in [0.25, 0.3) is 0 Å². The monoisotopic (exact) mass is 386 g/mol. The molecule has 152 valence electrons. The normalized spacial score (nSPS) is 14.4. The standard InChI is InChI=1S/C21H50N2Si2/c1-16(2)24(17(3)4,18(5)6)23(15-13-14-22)25(19(7)8,20(9)10)21(11)12/h16-21H,13-15,22H2,1-12H3. The molecule has 0 aliphatic carbocycles. The van der Waals surface area contributed by atoms with Crippen molar-refractivity contribution in [1.29, 1.82) is 0 Å². The zero-order chi connectivity index (χ0) is 20.2. The summed E-state index contributed by atoms with van der Waals surface area (Å²) in [4.78, 5) is 0. The molecule has 2 N–H and O–H groups in total. The average Bonchev–Trinajstić information content (AvgIpc) is 2.42. The predicted molar refractivity (Wildman–Crippen MR) is 122 cm³/mol. The molecule has 0 aromatic rings. The molecule has 0 spiro atoms. The van der Waals surface area contributed by atoms with Gasteiger partial charge in [-0.3, -0.25) is 0 Å². The largest absolute Gasteiger partial charge is 0.344 e. The Kier molecular flexibility index (Phi) is 10.2. The number of rotatable bonds is 11. The number of hydrogen-bond acceptors (Lipinski definition) is 2. The lowest BCUT2D eigenvalue weighted by molar-refractivity contribution is 0.487. The van der Waals surface area contributed by atoms with Crippen LogP contribution >= 0.6 is 0 Å². The summed E-state index contributed by atoms with van der Waals surface area (Å²) in [5.41, 5.74) is 10.7. The highest BCUT2D eigenvalue weighted by molar-refractivity contribution is 6.96. The predicted octanol–water partition coefficient (Wildman–Crippen LogP) is 6.99. The first-order valence-corrected chi connectivity index (χ1v) is 15.2. The fourth-order valence-corrected chi connectivity index (χ4v) is 27.0. The van der Waals surface area contributed by atoms with Crippen LogP contribution < -0.4 is 5.73 Å². The molecule has 0 heterocycles. The van der Waals surface area contributed by atoms with Gasteiger partial charge in [-0.1, -0.05) is 83.1 Å². The first-order chi connectivity index (χ1) is 11.4. The maximum Gasteiger partial charge on any atom is 0.129 e. The van der Waals surface area contributed by atoms with Crippen LogP contribution in [0.25, 0.3) is 0 Å². The van der Waals surface area contributed by atoms with Gasteiger partial charge >= 0.3 is 0 Å². The molecule has 0 aliphatic rings. The van der Waals surface area contributed by atoms with Crippen molar-refractivity contribution >= 4 is 16.5 Å². The fourth-order valence-electron chi connectivity index (χ4n) is 6.84. The van der Waals surface area contributed by atoms with Gasteiger partial charge in [-0.2, -0.15) is 0 Å². The van der Waals surface area contributed by atoms with E-state index in [1.165, 1.54) is 6.54 Å². The molecule has 25 heavy (non-hydrogen) atoms. The highest BCUT2D eigenvalue weighted by Gasteiger charge is 2.58. The van der Waals surface area contributed by atoms with Crippen molar-refractivity contribution in [3.05, 3.63) is 0 Å². The molecule has 0 atom stereocenters. The lowest BCUT2D eigenvalue weighted by atomic mass is 10.4. The Balaban J connectivity index is 6.80. The van der Waals surface area contributed by atoms with E-state index in [1.54, 1.807) is 0 Å². The lowest BCUT2D eigenvalue weighted by Gasteiger charge is -2.63. The van der Waals surface area contributed by atoms with Gasteiger partial charge in [0.2, 0.25) is 0 Å². The summed E-state index contributed by atoms with van der Waals surface area (Å²) in [6, 6.07) is 0. The van der Waals surface area contributed by atoms with Gasteiger partial charge in [-0.15, -0.1) is 0 Å². The van der Waals surface area contributed by atoms with E-state index < -0.39 is 16.5 Å². The summed E-state index contributed by atoms with van der Waals surface area (Å²) in [6.45, 7) is 32.2. The van der Waals surface area contributed by atoms with Gasteiger partial charge in [-0.25, -0.2) is 0 Å². The third-order valence-corrected chi connectivity index (χ3v) is 22.8. The van der Waals surface area contributed by atoms with Crippen LogP contribution in [-0.4, -0.2) is 33.8 Å². The van der Waals surface area contributed by atoms with Crippen LogP contribution in [0.2, 0.25) is 33.2 Å². The van der Waals surface area contributed by atoms with E-state index in [9.17, 15) is 0 Å². The molecule has 0 rings (SSSR count). The first-order valence-electron chi connectivity index (χ1n) is 10.8. The molecule has 0 saturated carbocycles. The summed E-state index contributed by atoms with van der Waals surface area (Å²) in [5, 5.41) is 0. The van der Waals surface area contributed by atoms with E-state index in [-0.39, 0.29) is 0 Å². The van der Waals surface area contributed by atoms with E-state index in [2.05, 4.69) is 87.3 Å². The van der Waals surface area contributed by atoms with Crippen LogP contribution in [0.5, 0.6) is 0 Å². The molecule has 0 amide bonds. The quantitative estimate of drug-likeness (QED) is 0.388. The van der Waals surface area contributed by atoms with Crippen LogP contribution in [0.1, 0.15) is 89.5 Å². The molecule has 0 unspecified atom stereocenters. The second-order valence-corrected chi connectivity index (χ2v) is 22.0. The van der Waals surface area contributed by atoms with Crippen molar-refractivity contribution in [2.24, 2.45) is 5.73 Å². The van der Waals surface area contributed by atoms with Crippen LogP contribution in [0.15, 0.2) is 0 Å². The summed E-state index contributed by atoms with van der Waals surface area (Å²) in [7, 11) is -3.36. The zero-order valence-electron chi connectivity index (χ0n) is 19.6.